The highest BCUT2D eigenvalue weighted by atomic mass is 19.4. The Labute approximate surface area is 121 Å². The largest absolute Gasteiger partial charge is 0.433 e. The van der Waals surface area contributed by atoms with E-state index in [0.717, 1.165) is 32.0 Å². The molecule has 1 aromatic rings. The molecule has 0 aromatic carbocycles. The molecule has 0 unspecified atom stereocenters. The van der Waals surface area contributed by atoms with E-state index in [2.05, 4.69) is 9.98 Å². The molecule has 0 amide bonds. The summed E-state index contributed by atoms with van der Waals surface area (Å²) in [7, 11) is 0. The predicted molar refractivity (Wildman–Crippen MR) is 74.6 cm³/mol. The molecule has 2 N–H and O–H groups in total. The number of aromatic nitrogens is 1. The van der Waals surface area contributed by atoms with Crippen molar-refractivity contribution >= 4 is 5.96 Å². The van der Waals surface area contributed by atoms with Crippen LogP contribution in [0.3, 0.4) is 0 Å². The van der Waals surface area contributed by atoms with Crippen molar-refractivity contribution < 1.29 is 13.2 Å². The summed E-state index contributed by atoms with van der Waals surface area (Å²) in [5, 5.41) is 0. The zero-order chi connectivity index (χ0) is 15.3. The number of pyridine rings is 1. The van der Waals surface area contributed by atoms with E-state index < -0.39 is 11.9 Å². The fourth-order valence-electron chi connectivity index (χ4n) is 2.29. The monoisotopic (exact) mass is 300 g/mol. The van der Waals surface area contributed by atoms with Gasteiger partial charge in [-0.3, -0.25) is 0 Å². The Balaban J connectivity index is 2.02. The number of hydrogen-bond acceptors (Lipinski definition) is 2. The zero-order valence-electron chi connectivity index (χ0n) is 11.7. The standard InChI is InChI=1S/C14H19F3N4/c15-14(16,17)12-7-5-6-11(20-12)10-19-13(18)21-8-3-1-2-4-9-21/h5-7H,1-4,8-10H2,(H2,18,19). The zero-order valence-corrected chi connectivity index (χ0v) is 11.7. The van der Waals surface area contributed by atoms with Gasteiger partial charge in [-0.1, -0.05) is 18.9 Å². The van der Waals surface area contributed by atoms with Gasteiger partial charge in [0.25, 0.3) is 0 Å². The molecule has 0 aliphatic carbocycles. The second kappa shape index (κ2) is 6.78. The average molecular weight is 300 g/mol. The van der Waals surface area contributed by atoms with Gasteiger partial charge in [-0.2, -0.15) is 13.2 Å². The van der Waals surface area contributed by atoms with Gasteiger partial charge < -0.3 is 10.6 Å². The van der Waals surface area contributed by atoms with Crippen LogP contribution < -0.4 is 5.73 Å². The van der Waals surface area contributed by atoms with Crippen molar-refractivity contribution in [1.82, 2.24) is 9.88 Å². The second-order valence-corrected chi connectivity index (χ2v) is 5.09. The van der Waals surface area contributed by atoms with Crippen LogP contribution in [0.15, 0.2) is 23.2 Å². The summed E-state index contributed by atoms with van der Waals surface area (Å²) in [4.78, 5) is 9.73. The summed E-state index contributed by atoms with van der Waals surface area (Å²) < 4.78 is 37.7. The predicted octanol–water partition coefficient (Wildman–Crippen LogP) is 2.79. The number of rotatable bonds is 2. The maximum absolute atomic E-state index is 12.6. The Morgan fingerprint density at radius 3 is 2.48 bits per heavy atom. The van der Waals surface area contributed by atoms with Crippen LogP contribution in [0.5, 0.6) is 0 Å². The molecule has 1 aliphatic rings. The molecule has 0 atom stereocenters. The van der Waals surface area contributed by atoms with Crippen molar-refractivity contribution in [2.75, 3.05) is 13.1 Å². The lowest BCUT2D eigenvalue weighted by Crippen LogP contribution is -2.38. The number of halogens is 3. The molecule has 0 spiro atoms. The third-order valence-electron chi connectivity index (χ3n) is 3.43. The minimum Gasteiger partial charge on any atom is -0.370 e. The molecule has 0 bridgehead atoms. The van der Waals surface area contributed by atoms with Crippen molar-refractivity contribution in [3.63, 3.8) is 0 Å². The first-order chi connectivity index (χ1) is 9.97. The first-order valence-corrected chi connectivity index (χ1v) is 7.05. The molecule has 2 heterocycles. The Kier molecular flexibility index (Phi) is 5.03. The molecule has 1 fully saturated rings. The first kappa shape index (κ1) is 15.6. The molecule has 2 rings (SSSR count). The van der Waals surface area contributed by atoms with Gasteiger partial charge in [-0.15, -0.1) is 0 Å². The normalized spacial score (nSPS) is 17.7. The fourth-order valence-corrected chi connectivity index (χ4v) is 2.29. The highest BCUT2D eigenvalue weighted by molar-refractivity contribution is 5.78. The van der Waals surface area contributed by atoms with Crippen LogP contribution in [0.1, 0.15) is 37.1 Å². The minimum atomic E-state index is -4.43. The smallest absolute Gasteiger partial charge is 0.370 e. The van der Waals surface area contributed by atoms with E-state index in [0.29, 0.717) is 5.96 Å². The Hall–Kier alpha value is -1.79. The van der Waals surface area contributed by atoms with Crippen LogP contribution in [-0.4, -0.2) is 28.9 Å². The van der Waals surface area contributed by atoms with Crippen LogP contribution in [0.2, 0.25) is 0 Å². The third-order valence-corrected chi connectivity index (χ3v) is 3.43. The van der Waals surface area contributed by atoms with Gasteiger partial charge >= 0.3 is 6.18 Å². The summed E-state index contributed by atoms with van der Waals surface area (Å²) in [5.41, 5.74) is 5.28. The highest BCUT2D eigenvalue weighted by Crippen LogP contribution is 2.27. The van der Waals surface area contributed by atoms with Gasteiger partial charge in [-0.25, -0.2) is 9.98 Å². The molecule has 1 saturated heterocycles. The topological polar surface area (TPSA) is 54.5 Å². The molecular weight excluding hydrogens is 281 g/mol. The lowest BCUT2D eigenvalue weighted by atomic mass is 10.2. The lowest BCUT2D eigenvalue weighted by Gasteiger charge is -2.21. The summed E-state index contributed by atoms with van der Waals surface area (Å²) in [5.74, 6) is 0.385. The van der Waals surface area contributed by atoms with E-state index in [1.165, 1.54) is 25.0 Å². The first-order valence-electron chi connectivity index (χ1n) is 7.05. The molecule has 116 valence electrons. The van der Waals surface area contributed by atoms with Gasteiger partial charge in [0.15, 0.2) is 5.96 Å². The number of alkyl halides is 3. The highest BCUT2D eigenvalue weighted by Gasteiger charge is 2.32. The molecule has 0 saturated carbocycles. The van der Waals surface area contributed by atoms with Gasteiger partial charge in [0.05, 0.1) is 12.2 Å². The van der Waals surface area contributed by atoms with E-state index in [9.17, 15) is 13.2 Å². The maximum atomic E-state index is 12.6. The number of aliphatic imine (C=N–C) groups is 1. The van der Waals surface area contributed by atoms with Gasteiger partial charge in [0.2, 0.25) is 0 Å². The maximum Gasteiger partial charge on any atom is 0.433 e. The molecule has 0 radical (unpaired) electrons. The van der Waals surface area contributed by atoms with Crippen molar-refractivity contribution in [2.45, 2.75) is 38.4 Å². The summed E-state index contributed by atoms with van der Waals surface area (Å²) in [6.45, 7) is 1.77. The van der Waals surface area contributed by atoms with Crippen LogP contribution in [0.4, 0.5) is 13.2 Å². The van der Waals surface area contributed by atoms with E-state index >= 15 is 0 Å². The van der Waals surface area contributed by atoms with Crippen molar-refractivity contribution in [3.05, 3.63) is 29.6 Å². The van der Waals surface area contributed by atoms with E-state index in [1.54, 1.807) is 0 Å². The summed E-state index contributed by atoms with van der Waals surface area (Å²) in [6.07, 6.45) is 0.0596. The fraction of sp³-hybridized carbons (Fsp3) is 0.571. The van der Waals surface area contributed by atoms with E-state index in [-0.39, 0.29) is 12.2 Å². The van der Waals surface area contributed by atoms with E-state index in [4.69, 9.17) is 5.73 Å². The van der Waals surface area contributed by atoms with Crippen molar-refractivity contribution in [1.29, 1.82) is 0 Å². The molecule has 1 aliphatic heterocycles. The van der Waals surface area contributed by atoms with Gasteiger partial charge in [0.1, 0.15) is 5.69 Å². The van der Waals surface area contributed by atoms with Crippen molar-refractivity contribution in [3.8, 4) is 0 Å². The van der Waals surface area contributed by atoms with Crippen molar-refractivity contribution in [2.24, 2.45) is 10.7 Å². The lowest BCUT2D eigenvalue weighted by molar-refractivity contribution is -0.141. The average Bonchev–Trinajstić information content (AvgIpc) is 2.73. The molecular formula is C14H19F3N4. The Morgan fingerprint density at radius 1 is 1.19 bits per heavy atom. The second-order valence-electron chi connectivity index (χ2n) is 5.09. The Bertz CT molecular complexity index is 491. The third kappa shape index (κ3) is 4.61. The molecule has 7 heteroatoms. The number of nitrogens with two attached hydrogens (primary N) is 1. The molecule has 1 aromatic heterocycles. The number of hydrogen-bond donors (Lipinski definition) is 1. The molecule has 4 nitrogen and oxygen atoms in total. The number of nitrogens with zero attached hydrogens (tertiary/aromatic N) is 3. The van der Waals surface area contributed by atoms with Gasteiger partial charge in [-0.05, 0) is 25.0 Å². The number of likely N-dealkylation sites (tertiary alicyclic amines) is 1. The molecule has 21 heavy (non-hydrogen) atoms. The summed E-state index contributed by atoms with van der Waals surface area (Å²) in [6, 6.07) is 3.81. The van der Waals surface area contributed by atoms with Crippen LogP contribution >= 0.6 is 0 Å². The van der Waals surface area contributed by atoms with Crippen LogP contribution in [0, 0.1) is 0 Å². The quantitative estimate of drug-likeness (QED) is 0.675. The summed E-state index contributed by atoms with van der Waals surface area (Å²) >= 11 is 0. The van der Waals surface area contributed by atoms with E-state index in [1.807, 2.05) is 4.90 Å². The van der Waals surface area contributed by atoms with Crippen LogP contribution in [0.25, 0.3) is 0 Å². The number of guanidine groups is 1. The van der Waals surface area contributed by atoms with Crippen LogP contribution in [-0.2, 0) is 12.7 Å². The SMILES string of the molecule is NC(=NCc1cccc(C(F)(F)F)n1)N1CCCCCC1. The van der Waals surface area contributed by atoms with Gasteiger partial charge in [0, 0.05) is 13.1 Å². The minimum absolute atomic E-state index is 0.0618. The Morgan fingerprint density at radius 2 is 1.86 bits per heavy atom.